The molecule has 0 saturated heterocycles. The molecule has 0 spiro atoms. The van der Waals surface area contributed by atoms with Gasteiger partial charge in [-0.05, 0) is 59.9 Å². The molecule has 1 heterocycles. The third kappa shape index (κ3) is 5.42. The van der Waals surface area contributed by atoms with E-state index >= 15 is 0 Å². The van der Waals surface area contributed by atoms with Crippen LogP contribution in [0, 0.1) is 5.92 Å². The second-order valence-corrected chi connectivity index (χ2v) is 13.4. The normalized spacial score (nSPS) is 20.4. The van der Waals surface area contributed by atoms with Crippen molar-refractivity contribution >= 4 is 44.5 Å². The molecular weight excluding hydrogens is 589 g/mol. The topological polar surface area (TPSA) is 64.4 Å². The minimum absolute atomic E-state index is 0.00554. The van der Waals surface area contributed by atoms with E-state index in [2.05, 4.69) is 23.3 Å². The van der Waals surface area contributed by atoms with E-state index in [1.54, 1.807) is 19.2 Å². The van der Waals surface area contributed by atoms with Gasteiger partial charge in [0, 0.05) is 24.8 Å². The zero-order chi connectivity index (χ0) is 29.5. The fraction of sp³-hybridized carbons (Fsp3) is 0.242. The van der Waals surface area contributed by atoms with Crippen LogP contribution in [0.1, 0.15) is 31.4 Å². The van der Waals surface area contributed by atoms with Crippen LogP contribution in [0.25, 0.3) is 16.7 Å². The minimum Gasteiger partial charge on any atom is -0.372 e. The van der Waals surface area contributed by atoms with Crippen molar-refractivity contribution in [2.75, 3.05) is 18.0 Å². The van der Waals surface area contributed by atoms with E-state index < -0.39 is 15.6 Å². The van der Waals surface area contributed by atoms with E-state index in [9.17, 15) is 8.42 Å². The van der Waals surface area contributed by atoms with Gasteiger partial charge in [0.05, 0.1) is 34.5 Å². The van der Waals surface area contributed by atoms with E-state index in [-0.39, 0.29) is 27.4 Å². The van der Waals surface area contributed by atoms with Gasteiger partial charge >= 0.3 is 0 Å². The Morgan fingerprint density at radius 1 is 0.976 bits per heavy atom. The maximum atomic E-state index is 14.5. The number of aromatic nitrogens is 2. The number of methoxy groups -OCH3 is 1. The molecule has 6 nitrogen and oxygen atoms in total. The molecule has 0 amide bonds. The zero-order valence-corrected chi connectivity index (χ0v) is 25.6. The van der Waals surface area contributed by atoms with Crippen LogP contribution in [0.3, 0.4) is 0 Å². The van der Waals surface area contributed by atoms with Gasteiger partial charge in [-0.25, -0.2) is 8.42 Å². The van der Waals surface area contributed by atoms with Crippen molar-refractivity contribution in [1.82, 2.24) is 9.78 Å². The Labute approximate surface area is 256 Å². The Balaban J connectivity index is 1.43. The maximum absolute atomic E-state index is 14.5. The number of halogens is 2. The molecule has 9 heteroatoms. The van der Waals surface area contributed by atoms with Crippen molar-refractivity contribution in [2.45, 2.75) is 36.3 Å². The van der Waals surface area contributed by atoms with E-state index in [0.29, 0.717) is 11.7 Å². The highest BCUT2D eigenvalue weighted by Gasteiger charge is 2.42. The summed E-state index contributed by atoms with van der Waals surface area (Å²) in [4.78, 5) is -0.139. The van der Waals surface area contributed by atoms with Gasteiger partial charge < -0.3 is 4.74 Å². The Morgan fingerprint density at radius 2 is 1.67 bits per heavy atom. The predicted molar refractivity (Wildman–Crippen MR) is 169 cm³/mol. The number of hydrogen-bond donors (Lipinski definition) is 0. The third-order valence-electron chi connectivity index (χ3n) is 8.08. The number of benzene rings is 3. The molecule has 1 aromatic heterocycles. The molecular formula is C33H31Cl2N3O3S. The molecule has 216 valence electrons. The highest BCUT2D eigenvalue weighted by atomic mass is 35.5. The molecule has 2 aliphatic carbocycles. The molecule has 1 saturated carbocycles. The summed E-state index contributed by atoms with van der Waals surface area (Å²) in [7, 11) is -2.63. The van der Waals surface area contributed by atoms with Crippen molar-refractivity contribution in [3.8, 4) is 11.1 Å². The largest absolute Gasteiger partial charge is 0.372 e. The van der Waals surface area contributed by atoms with E-state index in [4.69, 9.17) is 27.9 Å². The van der Waals surface area contributed by atoms with Crippen molar-refractivity contribution in [3.05, 3.63) is 119 Å². The molecule has 2 atom stereocenters. The third-order valence-corrected chi connectivity index (χ3v) is 10.8. The van der Waals surface area contributed by atoms with Gasteiger partial charge in [0.15, 0.2) is 0 Å². The molecule has 4 aromatic rings. The molecule has 2 unspecified atom stereocenters. The van der Waals surface area contributed by atoms with Crippen LogP contribution in [-0.2, 0) is 14.8 Å². The molecule has 0 aliphatic heterocycles. The Hall–Kier alpha value is -3.36. The van der Waals surface area contributed by atoms with Crippen LogP contribution in [0.2, 0.25) is 10.0 Å². The van der Waals surface area contributed by atoms with Crippen LogP contribution >= 0.6 is 23.2 Å². The van der Waals surface area contributed by atoms with Gasteiger partial charge in [0.1, 0.15) is 10.5 Å². The van der Waals surface area contributed by atoms with Crippen LogP contribution in [0.4, 0.5) is 5.69 Å². The monoisotopic (exact) mass is 619 g/mol. The molecule has 2 aliphatic rings. The van der Waals surface area contributed by atoms with Gasteiger partial charge in [-0.3, -0.25) is 8.99 Å². The van der Waals surface area contributed by atoms with Gasteiger partial charge in [0.2, 0.25) is 0 Å². The average molecular weight is 621 g/mol. The SMILES string of the molecule is COC1(CN(c2cccc(-c3cnn(C4CC4)c3)c2)S(=O)(=O)c2c(Cl)cccc2Cl)C=CC(c2ccccc2)=CC1C. The van der Waals surface area contributed by atoms with Crippen molar-refractivity contribution in [1.29, 1.82) is 0 Å². The molecule has 6 rings (SSSR count). The molecule has 3 aromatic carbocycles. The lowest BCUT2D eigenvalue weighted by atomic mass is 9.81. The summed E-state index contributed by atoms with van der Waals surface area (Å²) in [6.07, 6.45) is 12.1. The fourth-order valence-corrected chi connectivity index (χ4v) is 8.03. The van der Waals surface area contributed by atoms with Crippen molar-refractivity contribution < 1.29 is 13.2 Å². The molecule has 0 radical (unpaired) electrons. The first-order chi connectivity index (χ1) is 20.2. The molecule has 0 bridgehead atoms. The molecule has 1 fully saturated rings. The number of nitrogens with zero attached hydrogens (tertiary/aromatic N) is 3. The lowest BCUT2D eigenvalue weighted by Gasteiger charge is -2.41. The Bertz CT molecular complexity index is 1760. The first kappa shape index (κ1) is 28.7. The maximum Gasteiger partial charge on any atom is 0.267 e. The number of hydrogen-bond acceptors (Lipinski definition) is 4. The van der Waals surface area contributed by atoms with Crippen LogP contribution in [0.15, 0.2) is 108 Å². The number of sulfonamides is 1. The second kappa shape index (κ2) is 11.4. The highest BCUT2D eigenvalue weighted by molar-refractivity contribution is 7.93. The van der Waals surface area contributed by atoms with Crippen molar-refractivity contribution in [3.63, 3.8) is 0 Å². The summed E-state index contributed by atoms with van der Waals surface area (Å²) >= 11 is 13.0. The highest BCUT2D eigenvalue weighted by Crippen LogP contribution is 2.40. The quantitative estimate of drug-likeness (QED) is 0.190. The van der Waals surface area contributed by atoms with Crippen LogP contribution in [0.5, 0.6) is 0 Å². The number of rotatable bonds is 9. The van der Waals surface area contributed by atoms with Crippen LogP contribution in [-0.4, -0.2) is 37.5 Å². The summed E-state index contributed by atoms with van der Waals surface area (Å²) in [5.41, 5.74) is 3.41. The first-order valence-corrected chi connectivity index (χ1v) is 16.0. The smallest absolute Gasteiger partial charge is 0.267 e. The molecule has 42 heavy (non-hydrogen) atoms. The Kier molecular flexibility index (Phi) is 7.79. The van der Waals surface area contributed by atoms with Crippen molar-refractivity contribution in [2.24, 2.45) is 5.92 Å². The summed E-state index contributed by atoms with van der Waals surface area (Å²) in [6.45, 7) is 2.03. The summed E-state index contributed by atoms with van der Waals surface area (Å²) in [5, 5.41) is 4.63. The summed E-state index contributed by atoms with van der Waals surface area (Å²) in [6, 6.07) is 22.7. The summed E-state index contributed by atoms with van der Waals surface area (Å²) < 4.78 is 38.5. The predicted octanol–water partition coefficient (Wildman–Crippen LogP) is 8.06. The van der Waals surface area contributed by atoms with E-state index in [0.717, 1.165) is 35.1 Å². The van der Waals surface area contributed by atoms with Gasteiger partial charge in [-0.15, -0.1) is 0 Å². The Morgan fingerprint density at radius 3 is 2.33 bits per heavy atom. The van der Waals surface area contributed by atoms with Gasteiger partial charge in [-0.1, -0.05) is 90.8 Å². The summed E-state index contributed by atoms with van der Waals surface area (Å²) in [5.74, 6) is -0.165. The van der Waals surface area contributed by atoms with E-state index in [1.807, 2.05) is 72.5 Å². The first-order valence-electron chi connectivity index (χ1n) is 13.8. The fourth-order valence-electron chi connectivity index (χ4n) is 5.43. The molecule has 0 N–H and O–H groups in total. The second-order valence-electron chi connectivity index (χ2n) is 10.8. The number of ether oxygens (including phenoxy) is 1. The van der Waals surface area contributed by atoms with Gasteiger partial charge in [-0.2, -0.15) is 5.10 Å². The average Bonchev–Trinajstić information content (AvgIpc) is 3.72. The van der Waals surface area contributed by atoms with Crippen LogP contribution < -0.4 is 4.31 Å². The zero-order valence-electron chi connectivity index (χ0n) is 23.3. The number of anilines is 1. The lowest BCUT2D eigenvalue weighted by molar-refractivity contribution is 0.0109. The van der Waals surface area contributed by atoms with E-state index in [1.165, 1.54) is 16.4 Å². The van der Waals surface area contributed by atoms with Gasteiger partial charge in [0.25, 0.3) is 10.0 Å². The number of allylic oxidation sites excluding steroid dienone is 2. The lowest BCUT2D eigenvalue weighted by Crippen LogP contribution is -2.50. The standard InChI is InChI=1S/C33H31Cl2N3O3S/c1-23-18-26(24-8-4-3-5-9-24)16-17-33(23,41-2)22-38(42(39,40)32-30(34)12-7-13-31(32)35)29-11-6-10-25(19-29)27-20-36-37(21-27)28-14-15-28/h3-13,16-21,23,28H,14-15,22H2,1-2H3. The minimum atomic E-state index is -4.24.